The lowest BCUT2D eigenvalue weighted by Crippen LogP contribution is -2.15. The lowest BCUT2D eigenvalue weighted by atomic mass is 10.3. The molecule has 0 aromatic carbocycles. The third kappa shape index (κ3) is 3.25. The van der Waals surface area contributed by atoms with Gasteiger partial charge in [0, 0.05) is 37.2 Å². The van der Waals surface area contributed by atoms with Crippen molar-refractivity contribution in [2.75, 3.05) is 13.2 Å². The summed E-state index contributed by atoms with van der Waals surface area (Å²) in [4.78, 5) is 4.34. The van der Waals surface area contributed by atoms with Gasteiger partial charge in [-0.2, -0.15) is 5.10 Å². The van der Waals surface area contributed by atoms with Crippen LogP contribution in [0.1, 0.15) is 24.1 Å². The first-order chi connectivity index (χ1) is 8.29. The predicted octanol–water partition coefficient (Wildman–Crippen LogP) is 0.900. The molecule has 2 heterocycles. The monoisotopic (exact) mass is 234 g/mol. The smallest absolute Gasteiger partial charge is 0.155 e. The highest BCUT2D eigenvalue weighted by Crippen LogP contribution is 2.04. The fourth-order valence-electron chi connectivity index (χ4n) is 1.72. The summed E-state index contributed by atoms with van der Waals surface area (Å²) in [6.45, 7) is 3.92. The van der Waals surface area contributed by atoms with Crippen molar-refractivity contribution in [1.29, 1.82) is 0 Å². The lowest BCUT2D eigenvalue weighted by Gasteiger charge is -2.04. The second kappa shape index (κ2) is 5.75. The Labute approximate surface area is 100 Å². The molecule has 5 heteroatoms. The largest absolute Gasteiger partial charge is 0.396 e. The van der Waals surface area contributed by atoms with Crippen molar-refractivity contribution in [2.24, 2.45) is 0 Å². The summed E-state index contributed by atoms with van der Waals surface area (Å²) in [5.41, 5.74) is 2.97. The standard InChI is InChI=1S/C12H18N4O/c1-10-6-12-14-8-11(9-16(12)15-10)7-13-4-2-3-5-17/h6,8-9,13,17H,2-5,7H2,1H3. The number of fused-ring (bicyclic) bond motifs is 1. The summed E-state index contributed by atoms with van der Waals surface area (Å²) in [5, 5.41) is 16.3. The van der Waals surface area contributed by atoms with Gasteiger partial charge in [-0.05, 0) is 26.3 Å². The molecule has 0 unspecified atom stereocenters. The molecule has 17 heavy (non-hydrogen) atoms. The number of nitrogens with zero attached hydrogens (tertiary/aromatic N) is 3. The van der Waals surface area contributed by atoms with E-state index < -0.39 is 0 Å². The summed E-state index contributed by atoms with van der Waals surface area (Å²) in [7, 11) is 0. The van der Waals surface area contributed by atoms with Gasteiger partial charge in [-0.15, -0.1) is 0 Å². The minimum atomic E-state index is 0.266. The Kier molecular flexibility index (Phi) is 4.06. The summed E-state index contributed by atoms with van der Waals surface area (Å²) in [6, 6.07) is 1.96. The molecule has 0 spiro atoms. The van der Waals surface area contributed by atoms with E-state index in [2.05, 4.69) is 15.4 Å². The Morgan fingerprint density at radius 2 is 2.29 bits per heavy atom. The Balaban J connectivity index is 1.90. The summed E-state index contributed by atoms with van der Waals surface area (Å²) in [6.07, 6.45) is 5.71. The molecule has 0 bridgehead atoms. The highest BCUT2D eigenvalue weighted by molar-refractivity contribution is 5.38. The average Bonchev–Trinajstić information content (AvgIpc) is 2.68. The zero-order valence-corrected chi connectivity index (χ0v) is 10.1. The van der Waals surface area contributed by atoms with Gasteiger partial charge in [-0.3, -0.25) is 0 Å². The molecule has 2 aromatic heterocycles. The van der Waals surface area contributed by atoms with Crippen molar-refractivity contribution in [3.8, 4) is 0 Å². The van der Waals surface area contributed by atoms with E-state index in [9.17, 15) is 0 Å². The first-order valence-electron chi connectivity index (χ1n) is 5.92. The van der Waals surface area contributed by atoms with Crippen LogP contribution in [0.4, 0.5) is 0 Å². The quantitative estimate of drug-likeness (QED) is 0.729. The third-order valence-corrected chi connectivity index (χ3v) is 2.58. The van der Waals surface area contributed by atoms with Crippen molar-refractivity contribution in [3.05, 3.63) is 29.7 Å². The highest BCUT2D eigenvalue weighted by Gasteiger charge is 2.00. The molecule has 2 N–H and O–H groups in total. The van der Waals surface area contributed by atoms with E-state index in [1.807, 2.05) is 25.4 Å². The number of unbranched alkanes of at least 4 members (excludes halogenated alkanes) is 1. The predicted molar refractivity (Wildman–Crippen MR) is 65.8 cm³/mol. The highest BCUT2D eigenvalue weighted by atomic mass is 16.2. The molecule has 0 aliphatic rings. The van der Waals surface area contributed by atoms with E-state index in [1.54, 1.807) is 4.52 Å². The first-order valence-corrected chi connectivity index (χ1v) is 5.92. The third-order valence-electron chi connectivity index (χ3n) is 2.58. The van der Waals surface area contributed by atoms with E-state index >= 15 is 0 Å². The normalized spacial score (nSPS) is 11.2. The van der Waals surface area contributed by atoms with Gasteiger partial charge in [-0.25, -0.2) is 9.50 Å². The van der Waals surface area contributed by atoms with Crippen LogP contribution in [0.5, 0.6) is 0 Å². The topological polar surface area (TPSA) is 62.5 Å². The average molecular weight is 234 g/mol. The summed E-state index contributed by atoms with van der Waals surface area (Å²) in [5.74, 6) is 0. The van der Waals surface area contributed by atoms with Crippen molar-refractivity contribution < 1.29 is 5.11 Å². The van der Waals surface area contributed by atoms with Crippen LogP contribution in [0.25, 0.3) is 5.65 Å². The van der Waals surface area contributed by atoms with Crippen molar-refractivity contribution >= 4 is 5.65 Å². The second-order valence-corrected chi connectivity index (χ2v) is 4.16. The molecule has 0 atom stereocenters. The van der Waals surface area contributed by atoms with Gasteiger partial charge in [0.1, 0.15) is 0 Å². The van der Waals surface area contributed by atoms with Crippen LogP contribution in [0, 0.1) is 6.92 Å². The fraction of sp³-hybridized carbons (Fsp3) is 0.500. The molecule has 92 valence electrons. The zero-order chi connectivity index (χ0) is 12.1. The van der Waals surface area contributed by atoms with Gasteiger partial charge in [-0.1, -0.05) is 0 Å². The van der Waals surface area contributed by atoms with Gasteiger partial charge in [0.2, 0.25) is 0 Å². The van der Waals surface area contributed by atoms with Crippen LogP contribution in [-0.2, 0) is 6.54 Å². The number of aromatic nitrogens is 3. The Morgan fingerprint density at radius 3 is 3.12 bits per heavy atom. The molecule has 2 rings (SSSR count). The van der Waals surface area contributed by atoms with Crippen LogP contribution >= 0.6 is 0 Å². The SMILES string of the molecule is Cc1cc2ncc(CNCCCCO)cn2n1. The number of aryl methyl sites for hydroxylation is 1. The number of rotatable bonds is 6. The summed E-state index contributed by atoms with van der Waals surface area (Å²) >= 11 is 0. The molecule has 0 amide bonds. The van der Waals surface area contributed by atoms with Gasteiger partial charge >= 0.3 is 0 Å². The number of nitrogens with one attached hydrogen (secondary N) is 1. The number of aliphatic hydroxyl groups is 1. The molecule has 0 radical (unpaired) electrons. The fourth-order valence-corrected chi connectivity index (χ4v) is 1.72. The van der Waals surface area contributed by atoms with Crippen LogP contribution in [0.3, 0.4) is 0 Å². The molecular formula is C12H18N4O. The van der Waals surface area contributed by atoms with Gasteiger partial charge in [0.15, 0.2) is 5.65 Å². The van der Waals surface area contributed by atoms with E-state index in [0.29, 0.717) is 0 Å². The van der Waals surface area contributed by atoms with Crippen LogP contribution < -0.4 is 5.32 Å². The van der Waals surface area contributed by atoms with Crippen LogP contribution in [0.15, 0.2) is 18.5 Å². The Morgan fingerprint density at radius 1 is 1.41 bits per heavy atom. The van der Waals surface area contributed by atoms with Gasteiger partial charge in [0.25, 0.3) is 0 Å². The molecular weight excluding hydrogens is 216 g/mol. The van der Waals surface area contributed by atoms with Gasteiger partial charge < -0.3 is 10.4 Å². The number of aliphatic hydroxyl groups excluding tert-OH is 1. The van der Waals surface area contributed by atoms with Crippen LogP contribution in [-0.4, -0.2) is 32.9 Å². The van der Waals surface area contributed by atoms with Crippen LogP contribution in [0.2, 0.25) is 0 Å². The number of hydrogen-bond acceptors (Lipinski definition) is 4. The van der Waals surface area contributed by atoms with Crippen molar-refractivity contribution in [1.82, 2.24) is 19.9 Å². The molecule has 0 aliphatic carbocycles. The van der Waals surface area contributed by atoms with E-state index in [0.717, 1.165) is 42.8 Å². The van der Waals surface area contributed by atoms with E-state index in [4.69, 9.17) is 5.11 Å². The molecule has 0 aliphatic heterocycles. The maximum absolute atomic E-state index is 8.65. The minimum absolute atomic E-state index is 0.266. The van der Waals surface area contributed by atoms with E-state index in [-0.39, 0.29) is 6.61 Å². The zero-order valence-electron chi connectivity index (χ0n) is 10.1. The Hall–Kier alpha value is -1.46. The second-order valence-electron chi connectivity index (χ2n) is 4.16. The molecule has 0 saturated carbocycles. The van der Waals surface area contributed by atoms with Crippen molar-refractivity contribution in [3.63, 3.8) is 0 Å². The maximum Gasteiger partial charge on any atom is 0.155 e. The van der Waals surface area contributed by atoms with Gasteiger partial charge in [0.05, 0.1) is 5.69 Å². The Bertz CT molecular complexity index is 480. The number of hydrogen-bond donors (Lipinski definition) is 2. The van der Waals surface area contributed by atoms with Crippen molar-refractivity contribution in [2.45, 2.75) is 26.3 Å². The summed E-state index contributed by atoms with van der Waals surface area (Å²) < 4.78 is 1.81. The lowest BCUT2D eigenvalue weighted by molar-refractivity contribution is 0.283. The maximum atomic E-state index is 8.65. The molecule has 0 fully saturated rings. The molecule has 2 aromatic rings. The molecule has 0 saturated heterocycles. The minimum Gasteiger partial charge on any atom is -0.396 e. The molecule has 5 nitrogen and oxygen atoms in total. The van der Waals surface area contributed by atoms with E-state index in [1.165, 1.54) is 0 Å². The first kappa shape index (κ1) is 12.0.